The molecule has 0 atom stereocenters. The van der Waals surface area contributed by atoms with Crippen LogP contribution in [0.4, 0.5) is 4.39 Å². The quantitative estimate of drug-likeness (QED) is 0.810. The number of halogens is 2. The Morgan fingerprint density at radius 2 is 1.84 bits per heavy atom. The van der Waals surface area contributed by atoms with Crippen LogP contribution in [0, 0.1) is 5.82 Å². The molecule has 0 bridgehead atoms. The van der Waals surface area contributed by atoms with E-state index in [0.717, 1.165) is 0 Å². The van der Waals surface area contributed by atoms with Gasteiger partial charge >= 0.3 is 0 Å². The van der Waals surface area contributed by atoms with Crippen LogP contribution in [-0.2, 0) is 6.54 Å². The van der Waals surface area contributed by atoms with E-state index in [2.05, 4.69) is 0 Å². The highest BCUT2D eigenvalue weighted by molar-refractivity contribution is 6.67. The fourth-order valence-electron chi connectivity index (χ4n) is 1.91. The zero-order chi connectivity index (χ0) is 14.0. The van der Waals surface area contributed by atoms with E-state index in [1.807, 2.05) is 0 Å². The summed E-state index contributed by atoms with van der Waals surface area (Å²) < 4.78 is 14.3. The normalized spacial score (nSPS) is 10.5. The van der Waals surface area contributed by atoms with Gasteiger partial charge in [-0.3, -0.25) is 9.59 Å². The number of aromatic nitrogens is 1. The minimum absolute atomic E-state index is 0.0608. The maximum absolute atomic E-state index is 12.9. The lowest BCUT2D eigenvalue weighted by Gasteiger charge is -2.12. The topological polar surface area (TPSA) is 39.1 Å². The van der Waals surface area contributed by atoms with Gasteiger partial charge in [0.2, 0.25) is 0 Å². The number of carbonyl (C=O) groups excluding carboxylic acids is 1. The summed E-state index contributed by atoms with van der Waals surface area (Å²) in [5, 5.41) is -0.780. The van der Waals surface area contributed by atoms with Crippen LogP contribution in [0.2, 0.25) is 0 Å². The Bertz CT molecular complexity index is 677. The number of hydrogen-bond donors (Lipinski definition) is 0. The van der Waals surface area contributed by atoms with Crippen molar-refractivity contribution in [2.45, 2.75) is 13.5 Å². The van der Waals surface area contributed by atoms with Gasteiger partial charge in [-0.15, -0.1) is 0 Å². The summed E-state index contributed by atoms with van der Waals surface area (Å²) >= 11 is 5.35. The second-order valence-electron chi connectivity index (χ2n) is 3.96. The number of hydrogen-bond acceptors (Lipinski definition) is 2. The molecular formula is C14H11ClFNO2. The van der Waals surface area contributed by atoms with E-state index in [1.165, 1.54) is 22.8 Å². The van der Waals surface area contributed by atoms with Crippen LogP contribution < -0.4 is 5.56 Å². The van der Waals surface area contributed by atoms with Crippen molar-refractivity contribution < 1.29 is 9.18 Å². The predicted octanol–water partition coefficient (Wildman–Crippen LogP) is 3.05. The van der Waals surface area contributed by atoms with Gasteiger partial charge in [-0.1, -0.05) is 0 Å². The van der Waals surface area contributed by atoms with E-state index in [-0.39, 0.29) is 11.4 Å². The SMILES string of the molecule is CCn1c(-c2ccc(F)cc2)ccc(C(=O)Cl)c1=O. The van der Waals surface area contributed by atoms with Crippen LogP contribution in [-0.4, -0.2) is 9.81 Å². The Labute approximate surface area is 114 Å². The molecule has 0 aliphatic carbocycles. The smallest absolute Gasteiger partial charge is 0.263 e. The van der Waals surface area contributed by atoms with Gasteiger partial charge < -0.3 is 4.57 Å². The number of nitrogens with zero attached hydrogens (tertiary/aromatic N) is 1. The van der Waals surface area contributed by atoms with Crippen LogP contribution in [0.15, 0.2) is 41.2 Å². The third kappa shape index (κ3) is 2.58. The largest absolute Gasteiger partial charge is 0.308 e. The van der Waals surface area contributed by atoms with Gasteiger partial charge in [-0.25, -0.2) is 4.39 Å². The minimum atomic E-state index is -0.780. The fourth-order valence-corrected chi connectivity index (χ4v) is 2.06. The maximum Gasteiger partial charge on any atom is 0.263 e. The van der Waals surface area contributed by atoms with Gasteiger partial charge in [0.05, 0.1) is 11.3 Å². The number of benzene rings is 1. The highest BCUT2D eigenvalue weighted by atomic mass is 35.5. The zero-order valence-corrected chi connectivity index (χ0v) is 10.9. The van der Waals surface area contributed by atoms with E-state index in [1.54, 1.807) is 25.1 Å². The average Bonchev–Trinajstić information content (AvgIpc) is 2.38. The molecule has 19 heavy (non-hydrogen) atoms. The highest BCUT2D eigenvalue weighted by Gasteiger charge is 2.13. The first-order valence-corrected chi connectivity index (χ1v) is 6.12. The molecule has 0 fully saturated rings. The lowest BCUT2D eigenvalue weighted by Crippen LogP contribution is -2.25. The highest BCUT2D eigenvalue weighted by Crippen LogP contribution is 2.19. The molecule has 0 amide bonds. The van der Waals surface area contributed by atoms with Crippen LogP contribution in [0.1, 0.15) is 17.3 Å². The first-order valence-electron chi connectivity index (χ1n) is 5.74. The molecule has 1 aromatic carbocycles. The molecule has 0 saturated carbocycles. The second kappa shape index (κ2) is 5.36. The summed E-state index contributed by atoms with van der Waals surface area (Å²) in [5.74, 6) is -0.346. The van der Waals surface area contributed by atoms with Crippen molar-refractivity contribution in [1.82, 2.24) is 4.57 Å². The van der Waals surface area contributed by atoms with Crippen molar-refractivity contribution in [3.8, 4) is 11.3 Å². The van der Waals surface area contributed by atoms with Crippen LogP contribution in [0.5, 0.6) is 0 Å². The van der Waals surface area contributed by atoms with E-state index in [9.17, 15) is 14.0 Å². The summed E-state index contributed by atoms with van der Waals surface area (Å²) in [7, 11) is 0. The van der Waals surface area contributed by atoms with E-state index in [4.69, 9.17) is 11.6 Å². The first-order chi connectivity index (χ1) is 9.04. The number of rotatable bonds is 3. The van der Waals surface area contributed by atoms with Crippen LogP contribution in [0.3, 0.4) is 0 Å². The molecular weight excluding hydrogens is 269 g/mol. The monoisotopic (exact) mass is 279 g/mol. The Kier molecular flexibility index (Phi) is 3.81. The predicted molar refractivity (Wildman–Crippen MR) is 72.0 cm³/mol. The molecule has 0 spiro atoms. The van der Waals surface area contributed by atoms with Gasteiger partial charge in [-0.2, -0.15) is 0 Å². The molecule has 98 valence electrons. The van der Waals surface area contributed by atoms with Crippen molar-refractivity contribution in [2.75, 3.05) is 0 Å². The van der Waals surface area contributed by atoms with Gasteiger partial charge in [0.25, 0.3) is 10.8 Å². The lowest BCUT2D eigenvalue weighted by atomic mass is 10.1. The molecule has 0 aliphatic rings. The molecule has 0 aliphatic heterocycles. The van der Waals surface area contributed by atoms with Crippen molar-refractivity contribution in [2.24, 2.45) is 0 Å². The van der Waals surface area contributed by atoms with Gasteiger partial charge in [-0.05, 0) is 60.5 Å². The summed E-state index contributed by atoms with van der Waals surface area (Å²) in [5.41, 5.74) is 0.821. The van der Waals surface area contributed by atoms with Crippen molar-refractivity contribution in [3.63, 3.8) is 0 Å². The Morgan fingerprint density at radius 3 is 2.37 bits per heavy atom. The zero-order valence-electron chi connectivity index (χ0n) is 10.2. The fraction of sp³-hybridized carbons (Fsp3) is 0.143. The van der Waals surface area contributed by atoms with E-state index >= 15 is 0 Å². The molecule has 1 aromatic heterocycles. The van der Waals surface area contributed by atoms with Crippen LogP contribution >= 0.6 is 11.6 Å². The molecule has 1 heterocycles. The Hall–Kier alpha value is -1.94. The number of pyridine rings is 1. The lowest BCUT2D eigenvalue weighted by molar-refractivity contribution is 0.107. The van der Waals surface area contributed by atoms with Gasteiger partial charge in [0.15, 0.2) is 0 Å². The summed E-state index contributed by atoms with van der Waals surface area (Å²) in [6.07, 6.45) is 0. The van der Waals surface area contributed by atoms with Gasteiger partial charge in [0.1, 0.15) is 5.82 Å². The average molecular weight is 280 g/mol. The summed E-state index contributed by atoms with van der Waals surface area (Å²) in [6, 6.07) is 8.83. The van der Waals surface area contributed by atoms with Crippen LogP contribution in [0.25, 0.3) is 11.3 Å². The summed E-state index contributed by atoms with van der Waals surface area (Å²) in [6.45, 7) is 2.18. The minimum Gasteiger partial charge on any atom is -0.308 e. The maximum atomic E-state index is 12.9. The molecule has 0 radical (unpaired) electrons. The molecule has 3 nitrogen and oxygen atoms in total. The number of carbonyl (C=O) groups is 1. The van der Waals surface area contributed by atoms with Gasteiger partial charge in [0, 0.05) is 6.54 Å². The second-order valence-corrected chi connectivity index (χ2v) is 4.31. The van der Waals surface area contributed by atoms with Crippen molar-refractivity contribution in [1.29, 1.82) is 0 Å². The molecule has 2 aromatic rings. The molecule has 0 saturated heterocycles. The van der Waals surface area contributed by atoms with E-state index in [0.29, 0.717) is 17.8 Å². The standard InChI is InChI=1S/C14H11ClFNO2/c1-2-17-12(9-3-5-10(16)6-4-9)8-7-11(13(15)18)14(17)19/h3-8H,2H2,1H3. The third-order valence-electron chi connectivity index (χ3n) is 2.84. The summed E-state index contributed by atoms with van der Waals surface area (Å²) in [4.78, 5) is 23.2. The molecule has 0 N–H and O–H groups in total. The van der Waals surface area contributed by atoms with E-state index < -0.39 is 10.8 Å². The van der Waals surface area contributed by atoms with Crippen molar-refractivity contribution >= 4 is 16.8 Å². The molecule has 0 unspecified atom stereocenters. The van der Waals surface area contributed by atoms with Crippen molar-refractivity contribution in [3.05, 3.63) is 58.1 Å². The Balaban J connectivity index is 2.65. The molecule has 2 rings (SSSR count). The molecule has 5 heteroatoms. The third-order valence-corrected chi connectivity index (χ3v) is 3.05. The Morgan fingerprint density at radius 1 is 1.21 bits per heavy atom. The first kappa shape index (κ1) is 13.5.